The molecular formula is C29H32N4O6. The molecule has 1 saturated heterocycles. The number of amides is 5. The molecule has 1 aliphatic heterocycles. The minimum atomic E-state index is -1.32. The van der Waals surface area contributed by atoms with Gasteiger partial charge in [0.25, 0.3) is 5.91 Å². The summed E-state index contributed by atoms with van der Waals surface area (Å²) in [6.07, 6.45) is 0. The second kappa shape index (κ2) is 11.4. The molecule has 204 valence electrons. The predicted octanol–water partition coefficient (Wildman–Crippen LogP) is 3.50. The molecule has 0 unspecified atom stereocenters. The number of hydrogen-bond acceptors (Lipinski definition) is 6. The fourth-order valence-corrected chi connectivity index (χ4v) is 4.43. The number of ether oxygens (including phenoxy) is 2. The molecule has 10 nitrogen and oxygen atoms in total. The summed E-state index contributed by atoms with van der Waals surface area (Å²) in [7, 11) is 1.44. The number of urea groups is 1. The van der Waals surface area contributed by atoms with Crippen molar-refractivity contribution >= 4 is 40.2 Å². The van der Waals surface area contributed by atoms with Crippen LogP contribution in [0.1, 0.15) is 26.3 Å². The molecule has 1 fully saturated rings. The number of carbonyl (C=O) groups excluding carboxylic acids is 4. The zero-order chi connectivity index (χ0) is 28.2. The lowest BCUT2D eigenvalue weighted by Gasteiger charge is -2.23. The summed E-state index contributed by atoms with van der Waals surface area (Å²) < 4.78 is 11.1. The lowest BCUT2D eigenvalue weighted by molar-refractivity contribution is -0.139. The Hall–Kier alpha value is -4.60. The summed E-state index contributed by atoms with van der Waals surface area (Å²) >= 11 is 0. The maximum absolute atomic E-state index is 13.3. The van der Waals surface area contributed by atoms with Crippen molar-refractivity contribution in [2.45, 2.75) is 26.3 Å². The number of fused-ring (bicyclic) bond motifs is 1. The van der Waals surface area contributed by atoms with Gasteiger partial charge in [-0.25, -0.2) is 4.79 Å². The summed E-state index contributed by atoms with van der Waals surface area (Å²) in [5, 5.41) is 7.39. The van der Waals surface area contributed by atoms with E-state index in [-0.39, 0.29) is 6.54 Å². The first-order chi connectivity index (χ1) is 18.7. The third-order valence-electron chi connectivity index (χ3n) is 6.53. The molecule has 1 atom stereocenters. The molecule has 3 aromatic carbocycles. The predicted molar refractivity (Wildman–Crippen MR) is 147 cm³/mol. The van der Waals surface area contributed by atoms with Crippen molar-refractivity contribution < 1.29 is 28.7 Å². The molecule has 1 aliphatic rings. The van der Waals surface area contributed by atoms with Crippen molar-refractivity contribution in [2.75, 3.05) is 38.7 Å². The number of imide groups is 1. The molecule has 10 heteroatoms. The molecule has 1 heterocycles. The standard InChI is InChI=1S/C29H32N4O6/c1-5-38-23-14-13-22(16-24(23)39-6-2)30-25(34)17-32(4)26(35)18-33-27(36)29(3,31-28(33)37)21-12-11-19-9-7-8-10-20(19)15-21/h7-16H,5-6,17-18H2,1-4H3,(H,30,34)(H,31,37)/t29-/m1/s1. The highest BCUT2D eigenvalue weighted by Crippen LogP contribution is 2.32. The molecule has 0 radical (unpaired) electrons. The molecule has 0 bridgehead atoms. The molecule has 0 aromatic heterocycles. The van der Waals surface area contributed by atoms with Crippen LogP contribution in [-0.4, -0.2) is 66.9 Å². The van der Waals surface area contributed by atoms with E-state index in [0.717, 1.165) is 15.7 Å². The first kappa shape index (κ1) is 27.4. The Labute approximate surface area is 226 Å². The van der Waals surface area contributed by atoms with Gasteiger partial charge in [0.15, 0.2) is 11.5 Å². The largest absolute Gasteiger partial charge is 0.490 e. The highest BCUT2D eigenvalue weighted by molar-refractivity contribution is 6.09. The van der Waals surface area contributed by atoms with Crippen LogP contribution in [-0.2, 0) is 19.9 Å². The third kappa shape index (κ3) is 5.79. The van der Waals surface area contributed by atoms with Crippen LogP contribution in [0, 0.1) is 0 Å². The van der Waals surface area contributed by atoms with Gasteiger partial charge >= 0.3 is 6.03 Å². The van der Waals surface area contributed by atoms with E-state index in [2.05, 4.69) is 10.6 Å². The first-order valence-electron chi connectivity index (χ1n) is 12.7. The summed E-state index contributed by atoms with van der Waals surface area (Å²) in [6.45, 7) is 5.46. The Kier molecular flexibility index (Phi) is 8.04. The second-order valence-electron chi connectivity index (χ2n) is 9.33. The maximum atomic E-state index is 13.3. The van der Waals surface area contributed by atoms with E-state index in [1.807, 2.05) is 50.2 Å². The van der Waals surface area contributed by atoms with Crippen LogP contribution >= 0.6 is 0 Å². The smallest absolute Gasteiger partial charge is 0.325 e. The minimum Gasteiger partial charge on any atom is -0.490 e. The molecule has 5 amide bonds. The zero-order valence-corrected chi connectivity index (χ0v) is 22.4. The lowest BCUT2D eigenvalue weighted by atomic mass is 9.90. The fourth-order valence-electron chi connectivity index (χ4n) is 4.43. The molecule has 4 rings (SSSR count). The van der Waals surface area contributed by atoms with Crippen molar-refractivity contribution in [1.82, 2.24) is 15.1 Å². The highest BCUT2D eigenvalue weighted by Gasteiger charge is 2.49. The van der Waals surface area contributed by atoms with Crippen molar-refractivity contribution in [3.05, 3.63) is 66.2 Å². The van der Waals surface area contributed by atoms with Gasteiger partial charge in [0.1, 0.15) is 12.1 Å². The first-order valence-corrected chi connectivity index (χ1v) is 12.7. The van der Waals surface area contributed by atoms with E-state index < -0.39 is 35.8 Å². The average molecular weight is 533 g/mol. The van der Waals surface area contributed by atoms with Gasteiger partial charge in [0.05, 0.1) is 19.8 Å². The van der Waals surface area contributed by atoms with Gasteiger partial charge in [-0.3, -0.25) is 19.3 Å². The number of rotatable bonds is 10. The van der Waals surface area contributed by atoms with Gasteiger partial charge < -0.3 is 25.0 Å². The number of nitrogens with one attached hydrogen (secondary N) is 2. The van der Waals surface area contributed by atoms with Crippen LogP contribution in [0.3, 0.4) is 0 Å². The van der Waals surface area contributed by atoms with Crippen LogP contribution in [0.5, 0.6) is 11.5 Å². The fraction of sp³-hybridized carbons (Fsp3) is 0.310. The van der Waals surface area contributed by atoms with Crippen LogP contribution in [0.4, 0.5) is 10.5 Å². The van der Waals surface area contributed by atoms with E-state index in [1.165, 1.54) is 11.9 Å². The topological polar surface area (TPSA) is 117 Å². The Bertz CT molecular complexity index is 1420. The molecule has 0 aliphatic carbocycles. The molecule has 2 N–H and O–H groups in total. The highest BCUT2D eigenvalue weighted by atomic mass is 16.5. The number of hydrogen-bond donors (Lipinski definition) is 2. The maximum Gasteiger partial charge on any atom is 0.325 e. The van der Waals surface area contributed by atoms with Gasteiger partial charge in [-0.2, -0.15) is 0 Å². The van der Waals surface area contributed by atoms with E-state index in [0.29, 0.717) is 36.0 Å². The number of likely N-dealkylation sites (N-methyl/N-ethyl adjacent to an activating group) is 1. The summed E-state index contributed by atoms with van der Waals surface area (Å²) in [6, 6.07) is 17.6. The van der Waals surface area contributed by atoms with Crippen LogP contribution in [0.15, 0.2) is 60.7 Å². The zero-order valence-electron chi connectivity index (χ0n) is 22.4. The molecular weight excluding hydrogens is 500 g/mol. The van der Waals surface area contributed by atoms with Gasteiger partial charge in [-0.1, -0.05) is 36.4 Å². The van der Waals surface area contributed by atoms with E-state index in [9.17, 15) is 19.2 Å². The number of carbonyl (C=O) groups is 4. The summed E-state index contributed by atoms with van der Waals surface area (Å²) in [5.74, 6) is -0.482. The van der Waals surface area contributed by atoms with Crippen LogP contribution < -0.4 is 20.1 Å². The quantitative estimate of drug-likeness (QED) is 0.386. The van der Waals surface area contributed by atoms with Crippen LogP contribution in [0.25, 0.3) is 10.8 Å². The van der Waals surface area contributed by atoms with Gasteiger partial charge in [-0.05, 0) is 55.3 Å². The van der Waals surface area contributed by atoms with E-state index in [4.69, 9.17) is 9.47 Å². The SMILES string of the molecule is CCOc1ccc(NC(=O)CN(C)C(=O)CN2C(=O)N[C@](C)(c3ccc4ccccc4c3)C2=O)cc1OCC. The van der Waals surface area contributed by atoms with Crippen molar-refractivity contribution in [3.8, 4) is 11.5 Å². The normalized spacial score (nSPS) is 16.7. The second-order valence-corrected chi connectivity index (χ2v) is 9.33. The molecule has 3 aromatic rings. The Morgan fingerprint density at radius 2 is 1.64 bits per heavy atom. The number of nitrogens with zero attached hydrogens (tertiary/aromatic N) is 2. The monoisotopic (exact) mass is 532 g/mol. The Balaban J connectivity index is 1.39. The summed E-state index contributed by atoms with van der Waals surface area (Å²) in [4.78, 5) is 53.6. The molecule has 0 spiro atoms. The van der Waals surface area contributed by atoms with Gasteiger partial charge in [-0.15, -0.1) is 0 Å². The van der Waals surface area contributed by atoms with Crippen molar-refractivity contribution in [2.24, 2.45) is 0 Å². The van der Waals surface area contributed by atoms with Crippen molar-refractivity contribution in [1.29, 1.82) is 0 Å². The molecule has 39 heavy (non-hydrogen) atoms. The molecule has 0 saturated carbocycles. The Morgan fingerprint density at radius 1 is 0.949 bits per heavy atom. The lowest BCUT2D eigenvalue weighted by Crippen LogP contribution is -2.45. The number of anilines is 1. The average Bonchev–Trinajstić information content (AvgIpc) is 3.13. The van der Waals surface area contributed by atoms with E-state index in [1.54, 1.807) is 31.2 Å². The van der Waals surface area contributed by atoms with Gasteiger partial charge in [0, 0.05) is 18.8 Å². The summed E-state index contributed by atoms with van der Waals surface area (Å²) in [5.41, 5.74) is -0.222. The Morgan fingerprint density at radius 3 is 2.36 bits per heavy atom. The number of benzene rings is 3. The van der Waals surface area contributed by atoms with Crippen molar-refractivity contribution in [3.63, 3.8) is 0 Å². The third-order valence-corrected chi connectivity index (χ3v) is 6.53. The minimum absolute atomic E-state index is 0.276. The van der Waals surface area contributed by atoms with E-state index >= 15 is 0 Å². The van der Waals surface area contributed by atoms with Gasteiger partial charge in [0.2, 0.25) is 11.8 Å². The van der Waals surface area contributed by atoms with Crippen LogP contribution in [0.2, 0.25) is 0 Å².